The Bertz CT molecular complexity index is 1800. The van der Waals surface area contributed by atoms with Crippen molar-refractivity contribution in [2.24, 2.45) is 11.8 Å². The summed E-state index contributed by atoms with van der Waals surface area (Å²) in [5.74, 6) is -0.658. The van der Waals surface area contributed by atoms with Crippen molar-refractivity contribution in [1.82, 2.24) is 0 Å². The van der Waals surface area contributed by atoms with E-state index in [4.69, 9.17) is 37.0 Å². The third kappa shape index (κ3) is 68.4. The number of ether oxygens (including phenoxy) is 4. The minimum atomic E-state index is -4.96. The lowest BCUT2D eigenvalue weighted by molar-refractivity contribution is -0.161. The summed E-state index contributed by atoms with van der Waals surface area (Å²) in [5, 5.41) is 10.6. The molecule has 0 spiro atoms. The third-order valence-electron chi connectivity index (χ3n) is 17.2. The molecule has 0 saturated carbocycles. The number of phosphoric acid groups is 2. The Morgan fingerprint density at radius 3 is 0.731 bits per heavy atom. The van der Waals surface area contributed by atoms with Crippen LogP contribution in [0.5, 0.6) is 0 Å². The van der Waals surface area contributed by atoms with Gasteiger partial charge in [-0.2, -0.15) is 0 Å². The molecule has 0 aromatic rings. The van der Waals surface area contributed by atoms with Gasteiger partial charge in [-0.15, -0.1) is 0 Å². The standard InChI is InChI=1S/C74H144O17P2/c1-7-9-11-13-15-17-19-20-21-22-23-24-25-31-35-39-47-53-59-74(79)90-69(62-84-71(76)56-50-44-37-33-30-27-26-29-32-36-42-48-54-66(3)4)64-88-92(80,81)86-60-68(75)61-87-93(82,83)89-65-70(63-85-72(77)57-51-45-41-40-43-49-55-67(5)6)91-73(78)58-52-46-38-34-28-18-16-14-12-10-8-2/h66-70,75H,7-65H2,1-6H3,(H,80,81)(H,82,83)/t68-,69-,70-/m1/s1. The Hall–Kier alpha value is -1.94. The van der Waals surface area contributed by atoms with Crippen molar-refractivity contribution >= 4 is 39.5 Å². The van der Waals surface area contributed by atoms with E-state index >= 15 is 0 Å². The summed E-state index contributed by atoms with van der Waals surface area (Å²) in [6, 6.07) is 0. The van der Waals surface area contributed by atoms with Crippen LogP contribution in [0, 0.1) is 11.8 Å². The second kappa shape index (κ2) is 66.0. The lowest BCUT2D eigenvalue weighted by atomic mass is 10.0. The number of phosphoric ester groups is 2. The van der Waals surface area contributed by atoms with E-state index in [-0.39, 0.29) is 25.7 Å². The van der Waals surface area contributed by atoms with Gasteiger partial charge in [-0.05, 0) is 37.5 Å². The number of aliphatic hydroxyl groups excluding tert-OH is 1. The number of carbonyl (C=O) groups excluding carboxylic acids is 4. The normalized spacial score (nSPS) is 14.1. The van der Waals surface area contributed by atoms with E-state index in [1.165, 1.54) is 193 Å². The fraction of sp³-hybridized carbons (Fsp3) is 0.946. The Morgan fingerprint density at radius 2 is 0.495 bits per heavy atom. The SMILES string of the molecule is CCCCCCCCCCCCCCCCCCCCC(=O)O[C@H](COC(=O)CCCCCCCCCCCCCCC(C)C)COP(=O)(O)OC[C@@H](O)COP(=O)(O)OC[C@@H](COC(=O)CCCCCCCCC(C)C)OC(=O)CCCCCCCCCCCCC. The molecule has 0 heterocycles. The molecule has 93 heavy (non-hydrogen) atoms. The van der Waals surface area contributed by atoms with Crippen molar-refractivity contribution in [3.63, 3.8) is 0 Å². The molecule has 19 heteroatoms. The number of esters is 4. The van der Waals surface area contributed by atoms with Gasteiger partial charge in [0.15, 0.2) is 12.2 Å². The summed E-state index contributed by atoms with van der Waals surface area (Å²) in [6.07, 6.45) is 52.8. The first kappa shape index (κ1) is 91.1. The predicted molar refractivity (Wildman–Crippen MR) is 377 cm³/mol. The highest BCUT2D eigenvalue weighted by molar-refractivity contribution is 7.47. The van der Waals surface area contributed by atoms with Crippen molar-refractivity contribution in [2.75, 3.05) is 39.6 Å². The van der Waals surface area contributed by atoms with Crippen LogP contribution >= 0.6 is 15.6 Å². The quantitative estimate of drug-likeness (QED) is 0.0222. The lowest BCUT2D eigenvalue weighted by Crippen LogP contribution is -2.30. The zero-order chi connectivity index (χ0) is 68.6. The van der Waals surface area contributed by atoms with E-state index in [2.05, 4.69) is 41.5 Å². The molecule has 0 radical (unpaired) electrons. The first-order chi connectivity index (χ1) is 44.9. The van der Waals surface area contributed by atoms with Gasteiger partial charge in [0.2, 0.25) is 0 Å². The minimum absolute atomic E-state index is 0.106. The van der Waals surface area contributed by atoms with Gasteiger partial charge in [0.05, 0.1) is 26.4 Å². The molecular formula is C74H144O17P2. The summed E-state index contributed by atoms with van der Waals surface area (Å²) < 4.78 is 68.4. The van der Waals surface area contributed by atoms with Crippen molar-refractivity contribution in [1.29, 1.82) is 0 Å². The minimum Gasteiger partial charge on any atom is -0.462 e. The second-order valence-corrected chi connectivity index (χ2v) is 30.5. The average molecular weight is 1370 g/mol. The topological polar surface area (TPSA) is 237 Å². The Labute approximate surface area is 568 Å². The molecule has 552 valence electrons. The number of hydrogen-bond donors (Lipinski definition) is 3. The van der Waals surface area contributed by atoms with Gasteiger partial charge in [-0.3, -0.25) is 37.3 Å². The van der Waals surface area contributed by atoms with Gasteiger partial charge in [-0.25, -0.2) is 9.13 Å². The van der Waals surface area contributed by atoms with E-state index in [0.717, 1.165) is 102 Å². The molecule has 0 aromatic heterocycles. The fourth-order valence-electron chi connectivity index (χ4n) is 11.3. The van der Waals surface area contributed by atoms with Gasteiger partial charge in [-0.1, -0.05) is 330 Å². The van der Waals surface area contributed by atoms with Gasteiger partial charge < -0.3 is 33.8 Å². The maximum atomic E-state index is 13.1. The van der Waals surface area contributed by atoms with Crippen molar-refractivity contribution < 1.29 is 80.2 Å². The maximum absolute atomic E-state index is 13.1. The molecule has 0 aliphatic rings. The Morgan fingerprint density at radius 1 is 0.290 bits per heavy atom. The zero-order valence-corrected chi connectivity index (χ0v) is 62.3. The monoisotopic (exact) mass is 1370 g/mol. The number of aliphatic hydroxyl groups is 1. The van der Waals surface area contributed by atoms with Crippen LogP contribution in [0.3, 0.4) is 0 Å². The molecule has 3 N–H and O–H groups in total. The van der Waals surface area contributed by atoms with Crippen LogP contribution in [0.2, 0.25) is 0 Å². The number of unbranched alkanes of at least 4 members (excludes halogenated alkanes) is 43. The van der Waals surface area contributed by atoms with Crippen molar-refractivity contribution in [2.45, 2.75) is 400 Å². The average Bonchev–Trinajstić information content (AvgIpc) is 1.77. The van der Waals surface area contributed by atoms with Gasteiger partial charge in [0.25, 0.3) is 0 Å². The van der Waals surface area contributed by atoms with E-state index in [1.807, 2.05) is 0 Å². The van der Waals surface area contributed by atoms with Gasteiger partial charge in [0.1, 0.15) is 19.3 Å². The summed E-state index contributed by atoms with van der Waals surface area (Å²) in [5.41, 5.74) is 0. The fourth-order valence-corrected chi connectivity index (χ4v) is 12.9. The van der Waals surface area contributed by atoms with Crippen LogP contribution in [0.25, 0.3) is 0 Å². The van der Waals surface area contributed by atoms with Crippen LogP contribution in [0.1, 0.15) is 382 Å². The molecule has 0 aliphatic carbocycles. The summed E-state index contributed by atoms with van der Waals surface area (Å²) in [7, 11) is -9.90. The van der Waals surface area contributed by atoms with E-state index in [1.54, 1.807) is 0 Å². The van der Waals surface area contributed by atoms with Crippen molar-refractivity contribution in [3.8, 4) is 0 Å². The zero-order valence-electron chi connectivity index (χ0n) is 60.6. The molecular weight excluding hydrogens is 1220 g/mol. The van der Waals surface area contributed by atoms with Crippen LogP contribution in [0.4, 0.5) is 0 Å². The molecule has 17 nitrogen and oxygen atoms in total. The second-order valence-electron chi connectivity index (χ2n) is 27.6. The molecule has 0 aromatic carbocycles. The molecule has 0 amide bonds. The van der Waals surface area contributed by atoms with E-state index in [0.29, 0.717) is 31.6 Å². The molecule has 0 aliphatic heterocycles. The van der Waals surface area contributed by atoms with Crippen molar-refractivity contribution in [3.05, 3.63) is 0 Å². The molecule has 0 fully saturated rings. The van der Waals surface area contributed by atoms with Gasteiger partial charge >= 0.3 is 39.5 Å². The third-order valence-corrected chi connectivity index (χ3v) is 19.1. The maximum Gasteiger partial charge on any atom is 0.472 e. The highest BCUT2D eigenvalue weighted by Crippen LogP contribution is 2.45. The van der Waals surface area contributed by atoms with Crippen LogP contribution in [-0.2, 0) is 65.4 Å². The van der Waals surface area contributed by atoms with E-state index in [9.17, 15) is 43.2 Å². The highest BCUT2D eigenvalue weighted by atomic mass is 31.2. The molecule has 0 rings (SSSR count). The van der Waals surface area contributed by atoms with Crippen LogP contribution < -0.4 is 0 Å². The van der Waals surface area contributed by atoms with Crippen LogP contribution in [-0.4, -0.2) is 96.7 Å². The molecule has 2 unspecified atom stereocenters. The largest absolute Gasteiger partial charge is 0.472 e. The Balaban J connectivity index is 5.22. The number of carbonyl (C=O) groups is 4. The first-order valence-corrected chi connectivity index (χ1v) is 41.5. The highest BCUT2D eigenvalue weighted by Gasteiger charge is 2.30. The lowest BCUT2D eigenvalue weighted by Gasteiger charge is -2.21. The smallest absolute Gasteiger partial charge is 0.462 e. The van der Waals surface area contributed by atoms with Gasteiger partial charge in [0, 0.05) is 25.7 Å². The Kier molecular flexibility index (Phi) is 64.6. The number of hydrogen-bond acceptors (Lipinski definition) is 15. The summed E-state index contributed by atoms with van der Waals surface area (Å²) in [4.78, 5) is 72.7. The summed E-state index contributed by atoms with van der Waals surface area (Å²) in [6.45, 7) is 9.51. The molecule has 0 bridgehead atoms. The first-order valence-electron chi connectivity index (χ1n) is 38.5. The molecule has 5 atom stereocenters. The number of rotatable bonds is 73. The van der Waals surface area contributed by atoms with Crippen LogP contribution in [0.15, 0.2) is 0 Å². The molecule has 0 saturated heterocycles. The van der Waals surface area contributed by atoms with E-state index < -0.39 is 97.5 Å². The summed E-state index contributed by atoms with van der Waals surface area (Å²) >= 11 is 0. The predicted octanol–water partition coefficient (Wildman–Crippen LogP) is 21.6.